The van der Waals surface area contributed by atoms with E-state index in [1.165, 1.54) is 0 Å². The molecule has 0 aromatic heterocycles. The van der Waals surface area contributed by atoms with Crippen LogP contribution >= 0.6 is 12.4 Å². The third-order valence-electron chi connectivity index (χ3n) is 2.02. The van der Waals surface area contributed by atoms with E-state index in [-0.39, 0.29) is 29.6 Å². The molecule has 4 heteroatoms. The van der Waals surface area contributed by atoms with Crippen LogP contribution in [0.25, 0.3) is 10.8 Å². The lowest BCUT2D eigenvalue weighted by molar-refractivity contribution is 0.410. The van der Waals surface area contributed by atoms with Crippen LogP contribution < -0.4 is 5.73 Å². The molecule has 0 aliphatic rings. The summed E-state index contributed by atoms with van der Waals surface area (Å²) in [5.41, 5.74) is 5.67. The maximum Gasteiger partial charge on any atom is 0.181 e. The molecule has 0 heterocycles. The van der Waals surface area contributed by atoms with Crippen molar-refractivity contribution in [2.24, 2.45) is 0 Å². The fraction of sp³-hybridized carbons (Fsp3) is 0. The molecule has 0 fully saturated rings. The van der Waals surface area contributed by atoms with Gasteiger partial charge in [0.25, 0.3) is 0 Å². The summed E-state index contributed by atoms with van der Waals surface area (Å²) < 4.78 is 0. The summed E-state index contributed by atoms with van der Waals surface area (Å²) in [7, 11) is 0. The van der Waals surface area contributed by atoms with Gasteiger partial charge in [0, 0.05) is 5.39 Å². The Labute approximate surface area is 87.2 Å². The van der Waals surface area contributed by atoms with E-state index in [2.05, 4.69) is 0 Å². The third-order valence-corrected chi connectivity index (χ3v) is 2.02. The molecular weight excluding hydrogens is 202 g/mol. The second-order valence-corrected chi connectivity index (χ2v) is 2.88. The van der Waals surface area contributed by atoms with Crippen LogP contribution in [0.3, 0.4) is 0 Å². The first-order valence-electron chi connectivity index (χ1n) is 3.89. The Morgan fingerprint density at radius 2 is 1.64 bits per heavy atom. The highest BCUT2D eigenvalue weighted by atomic mass is 35.5. The van der Waals surface area contributed by atoms with Crippen molar-refractivity contribution < 1.29 is 10.2 Å². The first-order valence-corrected chi connectivity index (χ1v) is 3.89. The summed E-state index contributed by atoms with van der Waals surface area (Å²) in [6, 6.07) is 8.81. The van der Waals surface area contributed by atoms with E-state index < -0.39 is 0 Å². The molecule has 2 rings (SSSR count). The molecular formula is C10H10ClNO2. The molecule has 0 saturated heterocycles. The van der Waals surface area contributed by atoms with Gasteiger partial charge in [0.2, 0.25) is 0 Å². The smallest absolute Gasteiger partial charge is 0.181 e. The standard InChI is InChI=1S/C10H9NO2.ClH/c11-8-5-6-3-1-2-4-7(6)9(12)10(8)13;/h1-5,12-13H,11H2;1H. The number of fused-ring (bicyclic) bond motifs is 1. The van der Waals surface area contributed by atoms with Crippen LogP contribution in [0.5, 0.6) is 11.5 Å². The van der Waals surface area contributed by atoms with Gasteiger partial charge in [0.15, 0.2) is 11.5 Å². The second-order valence-electron chi connectivity index (χ2n) is 2.88. The van der Waals surface area contributed by atoms with Crippen LogP contribution in [-0.4, -0.2) is 10.2 Å². The van der Waals surface area contributed by atoms with Crippen molar-refractivity contribution in [1.82, 2.24) is 0 Å². The Balaban J connectivity index is 0.000000980. The summed E-state index contributed by atoms with van der Waals surface area (Å²) >= 11 is 0. The zero-order valence-corrected chi connectivity index (χ0v) is 8.08. The normalized spacial score (nSPS) is 9.71. The highest BCUT2D eigenvalue weighted by molar-refractivity contribution is 5.94. The number of nitrogen functional groups attached to an aromatic ring is 1. The van der Waals surface area contributed by atoms with Gasteiger partial charge in [-0.1, -0.05) is 24.3 Å². The van der Waals surface area contributed by atoms with Crippen molar-refractivity contribution in [3.63, 3.8) is 0 Å². The second kappa shape index (κ2) is 3.64. The number of phenolic OH excluding ortho intramolecular Hbond substituents is 2. The van der Waals surface area contributed by atoms with Crippen LogP contribution in [-0.2, 0) is 0 Å². The molecule has 0 atom stereocenters. The Kier molecular flexibility index (Phi) is 2.72. The molecule has 0 aliphatic carbocycles. The van der Waals surface area contributed by atoms with Crippen molar-refractivity contribution >= 4 is 28.9 Å². The number of phenols is 2. The zero-order chi connectivity index (χ0) is 9.42. The van der Waals surface area contributed by atoms with E-state index in [9.17, 15) is 10.2 Å². The Morgan fingerprint density at radius 1 is 1.00 bits per heavy atom. The van der Waals surface area contributed by atoms with E-state index >= 15 is 0 Å². The van der Waals surface area contributed by atoms with E-state index in [1.807, 2.05) is 12.1 Å². The molecule has 14 heavy (non-hydrogen) atoms. The lowest BCUT2D eigenvalue weighted by Gasteiger charge is -2.05. The Hall–Kier alpha value is -1.61. The van der Waals surface area contributed by atoms with Crippen LogP contribution in [0.2, 0.25) is 0 Å². The quantitative estimate of drug-likeness (QED) is 0.463. The topological polar surface area (TPSA) is 66.5 Å². The molecule has 0 bridgehead atoms. The summed E-state index contributed by atoms with van der Waals surface area (Å²) in [6.45, 7) is 0. The number of halogens is 1. The molecule has 0 radical (unpaired) electrons. The number of anilines is 1. The molecule has 0 aliphatic heterocycles. The predicted octanol–water partition coefficient (Wildman–Crippen LogP) is 2.26. The first kappa shape index (κ1) is 10.5. The number of rotatable bonds is 0. The van der Waals surface area contributed by atoms with E-state index in [0.29, 0.717) is 5.39 Å². The number of nitrogens with two attached hydrogens (primary N) is 1. The Bertz CT molecular complexity index is 471. The number of hydrogen-bond donors (Lipinski definition) is 3. The lowest BCUT2D eigenvalue weighted by Crippen LogP contribution is -1.86. The van der Waals surface area contributed by atoms with Gasteiger partial charge in [-0.15, -0.1) is 12.4 Å². The minimum absolute atomic E-state index is 0. The van der Waals surface area contributed by atoms with Gasteiger partial charge >= 0.3 is 0 Å². The molecule has 4 N–H and O–H groups in total. The molecule has 0 unspecified atom stereocenters. The lowest BCUT2D eigenvalue weighted by atomic mass is 10.1. The van der Waals surface area contributed by atoms with Crippen molar-refractivity contribution in [1.29, 1.82) is 0 Å². The van der Waals surface area contributed by atoms with Crippen LogP contribution in [0.1, 0.15) is 0 Å². The summed E-state index contributed by atoms with van der Waals surface area (Å²) in [4.78, 5) is 0. The van der Waals surface area contributed by atoms with Crippen molar-refractivity contribution in [3.8, 4) is 11.5 Å². The van der Waals surface area contributed by atoms with Gasteiger partial charge < -0.3 is 15.9 Å². The molecule has 74 valence electrons. The summed E-state index contributed by atoms with van der Waals surface area (Å²) in [6.07, 6.45) is 0. The SMILES string of the molecule is Cl.Nc1cc2ccccc2c(O)c1O. The van der Waals surface area contributed by atoms with Gasteiger partial charge in [-0.25, -0.2) is 0 Å². The number of benzene rings is 2. The van der Waals surface area contributed by atoms with Crippen molar-refractivity contribution in [2.45, 2.75) is 0 Å². The van der Waals surface area contributed by atoms with Crippen molar-refractivity contribution in [3.05, 3.63) is 30.3 Å². The van der Waals surface area contributed by atoms with Gasteiger partial charge in [0.05, 0.1) is 5.69 Å². The fourth-order valence-electron chi connectivity index (χ4n) is 1.34. The third kappa shape index (κ3) is 1.42. The predicted molar refractivity (Wildman–Crippen MR) is 58.9 cm³/mol. The average molecular weight is 212 g/mol. The van der Waals surface area contributed by atoms with Crippen LogP contribution in [0, 0.1) is 0 Å². The van der Waals surface area contributed by atoms with E-state index in [1.54, 1.807) is 18.2 Å². The van der Waals surface area contributed by atoms with Gasteiger partial charge in [-0.2, -0.15) is 0 Å². The minimum Gasteiger partial charge on any atom is -0.504 e. The molecule has 2 aromatic carbocycles. The molecule has 2 aromatic rings. The highest BCUT2D eigenvalue weighted by Crippen LogP contribution is 2.38. The van der Waals surface area contributed by atoms with Crippen LogP contribution in [0.15, 0.2) is 30.3 Å². The van der Waals surface area contributed by atoms with E-state index in [0.717, 1.165) is 5.39 Å². The van der Waals surface area contributed by atoms with Crippen molar-refractivity contribution in [2.75, 3.05) is 5.73 Å². The van der Waals surface area contributed by atoms with Gasteiger partial charge in [-0.05, 0) is 11.5 Å². The average Bonchev–Trinajstić information content (AvgIpc) is 2.15. The minimum atomic E-state index is -0.251. The maximum absolute atomic E-state index is 9.51. The zero-order valence-electron chi connectivity index (χ0n) is 7.27. The van der Waals surface area contributed by atoms with E-state index in [4.69, 9.17) is 5.73 Å². The first-order chi connectivity index (χ1) is 6.20. The molecule has 0 amide bonds. The van der Waals surface area contributed by atoms with Gasteiger partial charge in [-0.3, -0.25) is 0 Å². The summed E-state index contributed by atoms with van der Waals surface area (Å²) in [5, 5.41) is 20.3. The number of hydrogen-bond acceptors (Lipinski definition) is 3. The monoisotopic (exact) mass is 211 g/mol. The van der Waals surface area contributed by atoms with Crippen LogP contribution in [0.4, 0.5) is 5.69 Å². The summed E-state index contributed by atoms with van der Waals surface area (Å²) in [5.74, 6) is -0.408. The maximum atomic E-state index is 9.51. The number of aromatic hydroxyl groups is 2. The Morgan fingerprint density at radius 3 is 2.36 bits per heavy atom. The molecule has 0 saturated carbocycles. The highest BCUT2D eigenvalue weighted by Gasteiger charge is 2.08. The van der Waals surface area contributed by atoms with Gasteiger partial charge in [0.1, 0.15) is 0 Å². The molecule has 0 spiro atoms. The molecule has 3 nitrogen and oxygen atoms in total. The largest absolute Gasteiger partial charge is 0.504 e. The fourth-order valence-corrected chi connectivity index (χ4v) is 1.34.